The quantitative estimate of drug-likeness (QED) is 0.719. The van der Waals surface area contributed by atoms with E-state index in [0.29, 0.717) is 0 Å². The van der Waals surface area contributed by atoms with Gasteiger partial charge in [0.05, 0.1) is 26.7 Å². The fourth-order valence-corrected chi connectivity index (χ4v) is 3.78. The molecule has 9 heteroatoms. The summed E-state index contributed by atoms with van der Waals surface area (Å²) in [5.74, 6) is -0.578. The number of hydrogen-bond acceptors (Lipinski definition) is 3. The second-order valence-electron chi connectivity index (χ2n) is 4.88. The molecule has 0 heterocycles. The van der Waals surface area contributed by atoms with Gasteiger partial charge in [0.25, 0.3) is 0 Å². The highest BCUT2D eigenvalue weighted by atomic mass is 79.9. The molecule has 0 saturated heterocycles. The van der Waals surface area contributed by atoms with Gasteiger partial charge in [-0.3, -0.25) is 4.79 Å². The van der Waals surface area contributed by atoms with Crippen LogP contribution in [0.1, 0.15) is 6.92 Å². The normalized spacial score (nSPS) is 12.7. The van der Waals surface area contributed by atoms with Gasteiger partial charge in [-0.1, -0.05) is 45.2 Å². The van der Waals surface area contributed by atoms with Gasteiger partial charge in [0, 0.05) is 4.47 Å². The average Bonchev–Trinajstić information content (AvgIpc) is 2.51. The molecule has 24 heavy (non-hydrogen) atoms. The molecule has 0 aliphatic heterocycles. The first kappa shape index (κ1) is 19.2. The number of anilines is 1. The van der Waals surface area contributed by atoms with Gasteiger partial charge in [0.1, 0.15) is 0 Å². The molecule has 0 fully saturated rings. The monoisotopic (exact) mass is 450 g/mol. The number of amides is 1. The number of para-hydroxylation sites is 1. The van der Waals surface area contributed by atoms with Gasteiger partial charge >= 0.3 is 0 Å². The van der Waals surface area contributed by atoms with Crippen molar-refractivity contribution in [2.75, 3.05) is 5.32 Å². The Balaban J connectivity index is 2.12. The Morgan fingerprint density at radius 1 is 1.08 bits per heavy atom. The minimum atomic E-state index is -3.83. The summed E-state index contributed by atoms with van der Waals surface area (Å²) >= 11 is 15.2. The van der Waals surface area contributed by atoms with Crippen molar-refractivity contribution < 1.29 is 13.2 Å². The van der Waals surface area contributed by atoms with E-state index < -0.39 is 22.0 Å². The number of halogens is 3. The van der Waals surface area contributed by atoms with Crippen LogP contribution in [0.25, 0.3) is 0 Å². The van der Waals surface area contributed by atoms with Crippen molar-refractivity contribution in [3.8, 4) is 0 Å². The zero-order valence-corrected chi connectivity index (χ0v) is 16.3. The predicted octanol–water partition coefficient (Wildman–Crippen LogP) is 4.06. The van der Waals surface area contributed by atoms with Gasteiger partial charge in [0.15, 0.2) is 0 Å². The van der Waals surface area contributed by atoms with E-state index in [-0.39, 0.29) is 20.6 Å². The fourth-order valence-electron chi connectivity index (χ4n) is 1.82. The molecule has 0 unspecified atom stereocenters. The number of carbonyl (C=O) groups excluding carboxylic acids is 1. The van der Waals surface area contributed by atoms with Crippen LogP contribution in [0.15, 0.2) is 51.8 Å². The molecule has 1 atom stereocenters. The maximum absolute atomic E-state index is 12.3. The fraction of sp³-hybridized carbons (Fsp3) is 0.133. The van der Waals surface area contributed by atoms with Crippen LogP contribution in [0.3, 0.4) is 0 Å². The highest BCUT2D eigenvalue weighted by molar-refractivity contribution is 9.10. The number of carbonyl (C=O) groups is 1. The van der Waals surface area contributed by atoms with Gasteiger partial charge < -0.3 is 5.32 Å². The Kier molecular flexibility index (Phi) is 6.28. The Bertz CT molecular complexity index is 837. The number of rotatable bonds is 5. The van der Waals surface area contributed by atoms with E-state index in [2.05, 4.69) is 26.0 Å². The maximum atomic E-state index is 12.3. The molecule has 0 bridgehead atoms. The molecule has 0 spiro atoms. The highest BCUT2D eigenvalue weighted by Crippen LogP contribution is 2.29. The van der Waals surface area contributed by atoms with E-state index in [9.17, 15) is 13.2 Å². The third-order valence-electron chi connectivity index (χ3n) is 3.06. The first-order valence-corrected chi connectivity index (χ1v) is 9.76. The van der Waals surface area contributed by atoms with Crippen molar-refractivity contribution in [3.05, 3.63) is 57.0 Å². The van der Waals surface area contributed by atoms with Gasteiger partial charge in [-0.15, -0.1) is 0 Å². The van der Waals surface area contributed by atoms with Crippen molar-refractivity contribution in [1.29, 1.82) is 0 Å². The van der Waals surface area contributed by atoms with Gasteiger partial charge in [-0.25, -0.2) is 8.42 Å². The second kappa shape index (κ2) is 7.84. The summed E-state index contributed by atoms with van der Waals surface area (Å²) in [6, 6.07) is 9.82. The molecule has 0 aliphatic rings. The van der Waals surface area contributed by atoms with Crippen LogP contribution < -0.4 is 10.0 Å². The number of benzene rings is 2. The smallest absolute Gasteiger partial charge is 0.242 e. The molecule has 5 nitrogen and oxygen atoms in total. The average molecular weight is 452 g/mol. The van der Waals surface area contributed by atoms with E-state index in [1.54, 1.807) is 30.3 Å². The summed E-state index contributed by atoms with van der Waals surface area (Å²) in [7, 11) is -3.83. The Labute approximate surface area is 158 Å². The molecular formula is C15H13BrCl2N2O3S. The summed E-state index contributed by atoms with van der Waals surface area (Å²) < 4.78 is 27.6. The SMILES string of the molecule is C[C@H](NS(=O)(=O)c1ccc(Br)cc1)C(=O)Nc1c(Cl)cccc1Cl. The number of sulfonamides is 1. The lowest BCUT2D eigenvalue weighted by Gasteiger charge is -2.16. The Morgan fingerprint density at radius 2 is 1.62 bits per heavy atom. The number of hydrogen-bond donors (Lipinski definition) is 2. The van der Waals surface area contributed by atoms with E-state index >= 15 is 0 Å². The van der Waals surface area contributed by atoms with E-state index in [1.807, 2.05) is 0 Å². The molecule has 2 N–H and O–H groups in total. The summed E-state index contributed by atoms with van der Waals surface area (Å²) in [5, 5.41) is 3.05. The molecule has 0 radical (unpaired) electrons. The number of nitrogens with one attached hydrogen (secondary N) is 2. The lowest BCUT2D eigenvalue weighted by atomic mass is 10.3. The molecule has 1 amide bonds. The molecule has 2 rings (SSSR count). The largest absolute Gasteiger partial charge is 0.322 e. The van der Waals surface area contributed by atoms with Crippen LogP contribution in [-0.2, 0) is 14.8 Å². The van der Waals surface area contributed by atoms with Crippen molar-refractivity contribution in [2.45, 2.75) is 17.9 Å². The van der Waals surface area contributed by atoms with Crippen LogP contribution in [0.4, 0.5) is 5.69 Å². The van der Waals surface area contributed by atoms with Crippen molar-refractivity contribution in [3.63, 3.8) is 0 Å². The van der Waals surface area contributed by atoms with Crippen molar-refractivity contribution in [1.82, 2.24) is 4.72 Å². The zero-order valence-electron chi connectivity index (χ0n) is 12.4. The third-order valence-corrected chi connectivity index (χ3v) is 5.78. The minimum Gasteiger partial charge on any atom is -0.322 e. The maximum Gasteiger partial charge on any atom is 0.242 e. The van der Waals surface area contributed by atoms with Gasteiger partial charge in [-0.05, 0) is 43.3 Å². The Morgan fingerprint density at radius 3 is 2.17 bits per heavy atom. The summed E-state index contributed by atoms with van der Waals surface area (Å²) in [6.45, 7) is 1.43. The minimum absolute atomic E-state index is 0.0566. The zero-order chi connectivity index (χ0) is 17.9. The van der Waals surface area contributed by atoms with E-state index in [1.165, 1.54) is 19.1 Å². The van der Waals surface area contributed by atoms with Crippen LogP contribution in [0.2, 0.25) is 10.0 Å². The first-order valence-electron chi connectivity index (χ1n) is 6.73. The third kappa shape index (κ3) is 4.70. The molecule has 128 valence electrons. The van der Waals surface area contributed by atoms with Crippen molar-refractivity contribution >= 4 is 60.7 Å². The standard InChI is InChI=1S/C15H13BrCl2N2O3S/c1-9(15(21)19-14-12(17)3-2-4-13(14)18)20-24(22,23)11-7-5-10(16)6-8-11/h2-9,20H,1H3,(H,19,21)/t9-/m0/s1. The van der Waals surface area contributed by atoms with Crippen LogP contribution in [0.5, 0.6) is 0 Å². The van der Waals surface area contributed by atoms with Crippen LogP contribution in [0, 0.1) is 0 Å². The van der Waals surface area contributed by atoms with Crippen molar-refractivity contribution in [2.24, 2.45) is 0 Å². The topological polar surface area (TPSA) is 75.3 Å². The lowest BCUT2D eigenvalue weighted by Crippen LogP contribution is -2.41. The summed E-state index contributed by atoms with van der Waals surface area (Å²) in [5.41, 5.74) is 0.237. The molecule has 2 aromatic carbocycles. The second-order valence-corrected chi connectivity index (χ2v) is 8.33. The molecule has 0 saturated carbocycles. The highest BCUT2D eigenvalue weighted by Gasteiger charge is 2.23. The Hall–Kier alpha value is -1.12. The van der Waals surface area contributed by atoms with Crippen LogP contribution in [-0.4, -0.2) is 20.4 Å². The van der Waals surface area contributed by atoms with E-state index in [4.69, 9.17) is 23.2 Å². The van der Waals surface area contributed by atoms with Gasteiger partial charge in [0.2, 0.25) is 15.9 Å². The molecule has 0 aliphatic carbocycles. The summed E-state index contributed by atoms with van der Waals surface area (Å²) in [4.78, 5) is 12.3. The first-order chi connectivity index (χ1) is 11.2. The molecular weight excluding hydrogens is 439 g/mol. The molecule has 0 aromatic heterocycles. The van der Waals surface area contributed by atoms with Crippen LogP contribution >= 0.6 is 39.1 Å². The molecule has 2 aromatic rings. The van der Waals surface area contributed by atoms with E-state index in [0.717, 1.165) is 4.47 Å². The summed E-state index contributed by atoms with van der Waals surface area (Å²) in [6.07, 6.45) is 0. The van der Waals surface area contributed by atoms with Gasteiger partial charge in [-0.2, -0.15) is 4.72 Å². The lowest BCUT2D eigenvalue weighted by molar-refractivity contribution is -0.117. The predicted molar refractivity (Wildman–Crippen MR) is 99.0 cm³/mol.